The number of aromatic nitrogens is 6. The van der Waals surface area contributed by atoms with Crippen LogP contribution >= 0.6 is 34.3 Å². The summed E-state index contributed by atoms with van der Waals surface area (Å²) in [5, 5.41) is 59.9. The molecule has 0 bridgehead atoms. The van der Waals surface area contributed by atoms with Gasteiger partial charge < -0.3 is 41.7 Å². The van der Waals surface area contributed by atoms with Gasteiger partial charge >= 0.3 is 0 Å². The normalized spacial score (nSPS) is 25.3. The molecule has 70 heavy (non-hydrogen) atoms. The molecule has 3 fully saturated rings. The number of nitrogens with zero attached hydrogens (tertiary/aromatic N) is 6. The molecule has 4 heterocycles. The fourth-order valence-corrected chi connectivity index (χ4v) is 13.4. The second kappa shape index (κ2) is 18.7. The van der Waals surface area contributed by atoms with Crippen molar-refractivity contribution in [1.29, 1.82) is 0 Å². The van der Waals surface area contributed by atoms with E-state index in [4.69, 9.17) is 36.5 Å². The summed E-state index contributed by atoms with van der Waals surface area (Å²) < 4.78 is 2.01. The number of hydrogen-bond acceptors (Lipinski definition) is 16. The molecule has 0 radical (unpaired) electrons. The van der Waals surface area contributed by atoms with Crippen LogP contribution in [0.2, 0.25) is 5.15 Å². The highest BCUT2D eigenvalue weighted by atomic mass is 35.5. The van der Waals surface area contributed by atoms with Gasteiger partial charge in [-0.15, -0.1) is 22.7 Å². The fraction of sp³-hybridized carbons (Fsp3) is 0.358. The number of benzene rings is 4. The van der Waals surface area contributed by atoms with Gasteiger partial charge in [0.2, 0.25) is 11.9 Å². The maximum Gasteiger partial charge on any atom is 0.226 e. The van der Waals surface area contributed by atoms with E-state index in [1.54, 1.807) is 11.3 Å². The van der Waals surface area contributed by atoms with Crippen LogP contribution in [0.25, 0.3) is 41.6 Å². The Hall–Kier alpha value is -5.85. The molecule has 11 rings (SSSR count). The van der Waals surface area contributed by atoms with Gasteiger partial charge in [0.25, 0.3) is 0 Å². The Balaban J connectivity index is 0.930. The minimum absolute atomic E-state index is 0.00986. The molecule has 3 aliphatic carbocycles. The lowest BCUT2D eigenvalue weighted by Crippen LogP contribution is -2.48. The first kappa shape index (κ1) is 46.5. The van der Waals surface area contributed by atoms with E-state index >= 15 is 0 Å². The number of aryl methyl sites for hydroxylation is 1. The Morgan fingerprint density at radius 1 is 0.786 bits per heavy atom. The van der Waals surface area contributed by atoms with E-state index in [0.717, 1.165) is 66.2 Å². The summed E-state index contributed by atoms with van der Waals surface area (Å²) in [5.41, 5.74) is 4.94. The molecular formula is C53H55ClN10O4S2. The summed E-state index contributed by atoms with van der Waals surface area (Å²) >= 11 is 10.2. The lowest BCUT2D eigenvalue weighted by atomic mass is 9.82. The Morgan fingerprint density at radius 3 is 2.27 bits per heavy atom. The van der Waals surface area contributed by atoms with Gasteiger partial charge in [-0.05, 0) is 92.7 Å². The maximum atomic E-state index is 11.8. The van der Waals surface area contributed by atoms with Gasteiger partial charge in [0.05, 0.1) is 49.4 Å². The van der Waals surface area contributed by atoms with Crippen LogP contribution in [-0.2, 0) is 12.8 Å². The molecule has 4 aromatic heterocycles. The molecule has 0 amide bonds. The van der Waals surface area contributed by atoms with E-state index in [2.05, 4.69) is 76.5 Å². The average molecular weight is 996 g/mol. The molecule has 0 saturated heterocycles. The second-order valence-electron chi connectivity index (χ2n) is 19.3. The fourth-order valence-electron chi connectivity index (χ4n) is 10.9. The predicted octanol–water partition coefficient (Wildman–Crippen LogP) is 9.51. The number of halogens is 1. The van der Waals surface area contributed by atoms with Crippen molar-refractivity contribution < 1.29 is 20.4 Å². The zero-order chi connectivity index (χ0) is 48.3. The molecule has 8 N–H and O–H groups in total. The van der Waals surface area contributed by atoms with Crippen LogP contribution in [-0.4, -0.2) is 87.5 Å². The topological polar surface area (TPSA) is 206 Å². The van der Waals surface area contributed by atoms with E-state index in [1.807, 2.05) is 73.7 Å². The number of thiazole rings is 2. The van der Waals surface area contributed by atoms with Crippen LogP contribution in [0.3, 0.4) is 0 Å². The zero-order valence-corrected chi connectivity index (χ0v) is 41.4. The summed E-state index contributed by atoms with van der Waals surface area (Å²) in [7, 11) is 0. The highest BCUT2D eigenvalue weighted by Crippen LogP contribution is 2.67. The van der Waals surface area contributed by atoms with E-state index in [0.29, 0.717) is 41.7 Å². The van der Waals surface area contributed by atoms with E-state index < -0.39 is 23.9 Å². The molecule has 8 aromatic rings. The molecule has 17 heteroatoms. The highest BCUT2D eigenvalue weighted by Gasteiger charge is 2.70. The summed E-state index contributed by atoms with van der Waals surface area (Å²) in [4.78, 5) is 30.0. The smallest absolute Gasteiger partial charge is 0.226 e. The van der Waals surface area contributed by atoms with Crippen LogP contribution in [0.15, 0.2) is 103 Å². The number of aliphatic hydroxyl groups excluding tert-OH is 3. The van der Waals surface area contributed by atoms with Crippen molar-refractivity contribution in [2.24, 2.45) is 23.2 Å². The molecule has 9 unspecified atom stereocenters. The van der Waals surface area contributed by atoms with Crippen molar-refractivity contribution in [3.8, 4) is 21.1 Å². The van der Waals surface area contributed by atoms with Crippen LogP contribution in [0.1, 0.15) is 61.5 Å². The summed E-state index contributed by atoms with van der Waals surface area (Å²) in [5.74, 6) is 1.28. The van der Waals surface area contributed by atoms with Crippen molar-refractivity contribution in [3.05, 3.63) is 131 Å². The quantitative estimate of drug-likeness (QED) is 0.0335. The first-order chi connectivity index (χ1) is 33.9. The summed E-state index contributed by atoms with van der Waals surface area (Å²) in [6.07, 6.45) is 1.00. The van der Waals surface area contributed by atoms with Gasteiger partial charge in [0, 0.05) is 30.5 Å². The van der Waals surface area contributed by atoms with Crippen molar-refractivity contribution in [1.82, 2.24) is 29.9 Å². The van der Waals surface area contributed by atoms with Crippen molar-refractivity contribution in [3.63, 3.8) is 0 Å². The van der Waals surface area contributed by atoms with E-state index in [9.17, 15) is 20.4 Å². The first-order valence-corrected chi connectivity index (χ1v) is 26.0. The number of fused-ring (bicyclic) bond motifs is 3. The number of anilines is 4. The molecule has 9 atom stereocenters. The third kappa shape index (κ3) is 8.62. The molecule has 0 spiro atoms. The largest absolute Gasteiger partial charge is 0.396 e. The van der Waals surface area contributed by atoms with Crippen LogP contribution < -0.4 is 21.3 Å². The van der Waals surface area contributed by atoms with Crippen LogP contribution in [0.4, 0.5) is 23.5 Å². The van der Waals surface area contributed by atoms with Crippen molar-refractivity contribution in [2.45, 2.75) is 82.9 Å². The summed E-state index contributed by atoms with van der Waals surface area (Å²) in [6.45, 7) is 6.58. The minimum atomic E-state index is -1.78. The lowest BCUT2D eigenvalue weighted by Gasteiger charge is -2.30. The molecule has 3 saturated carbocycles. The Bertz CT molecular complexity index is 3170. The van der Waals surface area contributed by atoms with Crippen molar-refractivity contribution in [2.75, 3.05) is 34.4 Å². The minimum Gasteiger partial charge on any atom is -0.396 e. The van der Waals surface area contributed by atoms with Gasteiger partial charge in [0.1, 0.15) is 32.9 Å². The molecule has 4 aromatic carbocycles. The van der Waals surface area contributed by atoms with Crippen LogP contribution in [0, 0.1) is 30.1 Å². The standard InChI is InChI=1S/C53H55ClN10O4S2/c1-28(31-15-8-5-9-16-31)56-51-57-29(2)40(48-59-36-18-10-11-19-38(36)69-48)46(62-51)58-37-26-35-44(67)52(35,3)34(37)25-32-17-12-20-39-42(32)60-49(70-39)41-45(54)61-50(55-24-22-30-13-6-4-7-14-30)63-47(41)64-53(68)23-21-33(27-65)43(53)66/h4-20,28,33-35,37,43-44,65-68H,21-27H2,1-3H3,(H2,55,61,63,64)(H2,56,57,58,62). The first-order valence-electron chi connectivity index (χ1n) is 23.9. The molecule has 14 nitrogen and oxygen atoms in total. The third-order valence-corrected chi connectivity index (χ3v) is 17.4. The second-order valence-corrected chi connectivity index (χ2v) is 21.7. The van der Waals surface area contributed by atoms with Gasteiger partial charge in [-0.25, -0.2) is 19.9 Å². The monoisotopic (exact) mass is 994 g/mol. The molecule has 0 aliphatic heterocycles. The summed E-state index contributed by atoms with van der Waals surface area (Å²) in [6, 6.07) is 34.5. The van der Waals surface area contributed by atoms with Gasteiger partial charge in [-0.1, -0.05) is 103 Å². The van der Waals surface area contributed by atoms with Gasteiger partial charge in [-0.2, -0.15) is 9.97 Å². The molecule has 360 valence electrons. The van der Waals surface area contributed by atoms with E-state index in [-0.39, 0.29) is 59.3 Å². The predicted molar refractivity (Wildman–Crippen MR) is 279 cm³/mol. The van der Waals surface area contributed by atoms with E-state index in [1.165, 1.54) is 11.3 Å². The SMILES string of the molecule is Cc1nc(NC(C)c2ccccc2)nc(NC2CC3C(O)C3(C)C2Cc2cccc3sc(-c4c(Cl)nc(NCCc5ccccc5)nc4NC4(O)CCC(CO)C4O)nc23)c1-c1nc2ccccc2s1. The molecule has 3 aliphatic rings. The number of nitrogens with one attached hydrogen (secondary N) is 4. The van der Waals surface area contributed by atoms with Crippen LogP contribution in [0.5, 0.6) is 0 Å². The highest BCUT2D eigenvalue weighted by molar-refractivity contribution is 7.22. The number of para-hydroxylation sites is 2. The Labute approximate surface area is 418 Å². The number of hydrogen-bond donors (Lipinski definition) is 8. The zero-order valence-electron chi connectivity index (χ0n) is 39.0. The lowest BCUT2D eigenvalue weighted by molar-refractivity contribution is -0.0545. The Morgan fingerprint density at radius 2 is 1.50 bits per heavy atom. The average Bonchev–Trinajstić information content (AvgIpc) is 3.91. The van der Waals surface area contributed by atoms with Gasteiger partial charge in [0.15, 0.2) is 5.72 Å². The molecular weight excluding hydrogens is 940 g/mol. The number of aliphatic hydroxyl groups is 4. The van der Waals surface area contributed by atoms with Gasteiger partial charge in [-0.3, -0.25) is 0 Å². The van der Waals surface area contributed by atoms with Crippen molar-refractivity contribution >= 4 is 78.2 Å². The third-order valence-electron chi connectivity index (χ3n) is 15.0. The number of rotatable bonds is 16. The maximum absolute atomic E-state index is 11.8. The Kier molecular flexibility index (Phi) is 12.4.